The highest BCUT2D eigenvalue weighted by Gasteiger charge is 2.33. The maximum atomic E-state index is 13.4. The van der Waals surface area contributed by atoms with Gasteiger partial charge in [0.2, 0.25) is 0 Å². The lowest BCUT2D eigenvalue weighted by molar-refractivity contribution is -0.137. The van der Waals surface area contributed by atoms with Crippen LogP contribution in [0, 0.1) is 6.92 Å². The topological polar surface area (TPSA) is 91.6 Å². The summed E-state index contributed by atoms with van der Waals surface area (Å²) >= 11 is 0. The van der Waals surface area contributed by atoms with E-state index in [0.717, 1.165) is 12.1 Å². The van der Waals surface area contributed by atoms with E-state index in [0.29, 0.717) is 54.2 Å². The van der Waals surface area contributed by atoms with Gasteiger partial charge in [-0.2, -0.15) is 18.3 Å². The molecule has 0 spiro atoms. The predicted molar refractivity (Wildman–Crippen MR) is 115 cm³/mol. The van der Waals surface area contributed by atoms with E-state index in [1.807, 2.05) is 6.92 Å². The first-order chi connectivity index (χ1) is 16.2. The number of ether oxygens (including phenoxy) is 3. The van der Waals surface area contributed by atoms with Crippen molar-refractivity contribution in [3.63, 3.8) is 0 Å². The van der Waals surface area contributed by atoms with Crippen molar-refractivity contribution in [2.75, 3.05) is 26.5 Å². The second-order valence-electron chi connectivity index (χ2n) is 7.78. The maximum Gasteiger partial charge on any atom is 0.416 e. The van der Waals surface area contributed by atoms with Gasteiger partial charge in [0.05, 0.1) is 36.7 Å². The van der Waals surface area contributed by atoms with Crippen LogP contribution in [0.3, 0.4) is 0 Å². The monoisotopic (exact) mass is 479 g/mol. The minimum Gasteiger partial charge on any atom is -0.467 e. The number of cyclic esters (lactones) is 1. The molecule has 1 saturated heterocycles. The molecule has 2 aromatic heterocycles. The molecule has 3 heterocycles. The van der Waals surface area contributed by atoms with Crippen molar-refractivity contribution < 1.29 is 32.2 Å². The van der Waals surface area contributed by atoms with Crippen LogP contribution in [0.4, 0.5) is 18.0 Å². The SMILES string of the molecule is CCOCOc1cc(C(F)(F)F)cc(C)c1-c1cnc2cn(CC3CN(CC)C(=O)O3)nc2n1. The van der Waals surface area contributed by atoms with E-state index in [9.17, 15) is 18.0 Å². The molecule has 1 aliphatic rings. The minimum atomic E-state index is -4.53. The normalized spacial score (nSPS) is 16.4. The molecule has 12 heteroatoms. The standard InChI is InChI=1S/C22H24F3N5O4/c1-4-29-9-15(34-21(29)31)10-30-11-17-20(28-30)27-16(8-26-17)19-13(3)6-14(22(23,24)25)7-18(19)33-12-32-5-2/h6-8,11,15H,4-5,9-10,12H2,1-3H3. The number of fused-ring (bicyclic) bond motifs is 1. The molecule has 0 N–H and O–H groups in total. The van der Waals surface area contributed by atoms with Crippen molar-refractivity contribution in [1.29, 1.82) is 0 Å². The van der Waals surface area contributed by atoms with Crippen molar-refractivity contribution in [1.82, 2.24) is 24.6 Å². The average molecular weight is 479 g/mol. The number of likely N-dealkylation sites (N-methyl/N-ethyl adjacent to an activating group) is 1. The Morgan fingerprint density at radius 1 is 1.26 bits per heavy atom. The van der Waals surface area contributed by atoms with Gasteiger partial charge in [-0.25, -0.2) is 14.8 Å². The van der Waals surface area contributed by atoms with Gasteiger partial charge < -0.3 is 19.1 Å². The second-order valence-corrected chi connectivity index (χ2v) is 7.78. The van der Waals surface area contributed by atoms with Crippen molar-refractivity contribution in [3.8, 4) is 17.0 Å². The second kappa shape index (κ2) is 9.45. The number of halogens is 3. The highest BCUT2D eigenvalue weighted by Crippen LogP contribution is 2.39. The summed E-state index contributed by atoms with van der Waals surface area (Å²) in [5.74, 6) is -0.00798. The van der Waals surface area contributed by atoms with Gasteiger partial charge in [-0.3, -0.25) is 4.68 Å². The largest absolute Gasteiger partial charge is 0.467 e. The number of aromatic nitrogens is 4. The first-order valence-corrected chi connectivity index (χ1v) is 10.8. The molecule has 1 aliphatic heterocycles. The molecule has 1 unspecified atom stereocenters. The maximum absolute atomic E-state index is 13.4. The number of carbonyl (C=O) groups is 1. The van der Waals surface area contributed by atoms with Gasteiger partial charge in [-0.15, -0.1) is 0 Å². The Morgan fingerprint density at radius 3 is 2.74 bits per heavy atom. The van der Waals surface area contributed by atoms with Crippen LogP contribution in [0.5, 0.6) is 5.75 Å². The molecule has 0 aliphatic carbocycles. The summed E-state index contributed by atoms with van der Waals surface area (Å²) in [5.41, 5.74) is 1.00. The lowest BCUT2D eigenvalue weighted by atomic mass is 10.0. The molecular formula is C22H24F3N5O4. The zero-order valence-corrected chi connectivity index (χ0v) is 18.9. The first kappa shape index (κ1) is 23.7. The summed E-state index contributed by atoms with van der Waals surface area (Å²) in [7, 11) is 0. The lowest BCUT2D eigenvalue weighted by Gasteiger charge is -2.16. The molecular weight excluding hydrogens is 455 g/mol. The third-order valence-electron chi connectivity index (χ3n) is 5.38. The van der Waals surface area contributed by atoms with Gasteiger partial charge >= 0.3 is 12.3 Å². The van der Waals surface area contributed by atoms with Crippen LogP contribution in [0.1, 0.15) is 25.0 Å². The van der Waals surface area contributed by atoms with Crippen LogP contribution in [0.2, 0.25) is 0 Å². The smallest absolute Gasteiger partial charge is 0.416 e. The van der Waals surface area contributed by atoms with Gasteiger partial charge in [0.25, 0.3) is 0 Å². The zero-order chi connectivity index (χ0) is 24.5. The fraction of sp³-hybridized carbons (Fsp3) is 0.455. The molecule has 1 amide bonds. The summed E-state index contributed by atoms with van der Waals surface area (Å²) < 4.78 is 57.7. The molecule has 4 rings (SSSR count). The van der Waals surface area contributed by atoms with E-state index in [4.69, 9.17) is 14.2 Å². The van der Waals surface area contributed by atoms with Crippen LogP contribution in [0.15, 0.2) is 24.5 Å². The third-order valence-corrected chi connectivity index (χ3v) is 5.38. The van der Waals surface area contributed by atoms with E-state index in [2.05, 4.69) is 15.1 Å². The van der Waals surface area contributed by atoms with Crippen molar-refractivity contribution in [2.24, 2.45) is 0 Å². The van der Waals surface area contributed by atoms with Gasteiger partial charge in [-0.05, 0) is 38.5 Å². The quantitative estimate of drug-likeness (QED) is 0.356. The highest BCUT2D eigenvalue weighted by molar-refractivity contribution is 5.77. The average Bonchev–Trinajstić information content (AvgIpc) is 3.34. The predicted octanol–water partition coefficient (Wildman–Crippen LogP) is 4.03. The number of rotatable bonds is 8. The van der Waals surface area contributed by atoms with Crippen LogP contribution in [0.25, 0.3) is 22.4 Å². The van der Waals surface area contributed by atoms with Crippen LogP contribution in [-0.4, -0.2) is 63.3 Å². The van der Waals surface area contributed by atoms with E-state index < -0.39 is 11.7 Å². The number of nitrogens with zero attached hydrogens (tertiary/aromatic N) is 5. The molecule has 0 bridgehead atoms. The molecule has 0 saturated carbocycles. The van der Waals surface area contributed by atoms with Crippen LogP contribution < -0.4 is 4.74 Å². The van der Waals surface area contributed by atoms with Gasteiger partial charge in [-0.1, -0.05) is 0 Å². The Morgan fingerprint density at radius 2 is 2.06 bits per heavy atom. The number of alkyl halides is 3. The number of aryl methyl sites for hydroxylation is 1. The lowest BCUT2D eigenvalue weighted by Crippen LogP contribution is -2.25. The van der Waals surface area contributed by atoms with Crippen molar-refractivity contribution >= 4 is 17.3 Å². The van der Waals surface area contributed by atoms with E-state index >= 15 is 0 Å². The number of hydrogen-bond donors (Lipinski definition) is 0. The molecule has 34 heavy (non-hydrogen) atoms. The Balaban J connectivity index is 1.65. The molecule has 0 radical (unpaired) electrons. The minimum absolute atomic E-state index is 0.00798. The third kappa shape index (κ3) is 4.91. The number of benzene rings is 1. The molecule has 3 aromatic rings. The Bertz CT molecular complexity index is 1200. The molecule has 1 fully saturated rings. The summed E-state index contributed by atoms with van der Waals surface area (Å²) in [6.45, 7) is 6.67. The summed E-state index contributed by atoms with van der Waals surface area (Å²) in [6, 6.07) is 1.97. The Labute approximate surface area is 193 Å². The first-order valence-electron chi connectivity index (χ1n) is 10.8. The fourth-order valence-electron chi connectivity index (χ4n) is 3.74. The zero-order valence-electron chi connectivity index (χ0n) is 18.9. The molecule has 9 nitrogen and oxygen atoms in total. The number of carbonyl (C=O) groups excluding carboxylic acids is 1. The van der Waals surface area contributed by atoms with Gasteiger partial charge in [0.15, 0.2) is 12.4 Å². The van der Waals surface area contributed by atoms with Crippen LogP contribution in [-0.2, 0) is 22.2 Å². The van der Waals surface area contributed by atoms with E-state index in [1.165, 1.54) is 6.20 Å². The Kier molecular flexibility index (Phi) is 6.60. The van der Waals surface area contributed by atoms with Gasteiger partial charge in [0, 0.05) is 18.7 Å². The summed E-state index contributed by atoms with van der Waals surface area (Å²) in [4.78, 5) is 22.3. The van der Waals surface area contributed by atoms with Crippen LogP contribution >= 0.6 is 0 Å². The van der Waals surface area contributed by atoms with E-state index in [1.54, 1.807) is 29.6 Å². The van der Waals surface area contributed by atoms with Crippen molar-refractivity contribution in [2.45, 2.75) is 39.6 Å². The molecule has 182 valence electrons. The van der Waals surface area contributed by atoms with Gasteiger partial charge in [0.1, 0.15) is 17.4 Å². The molecule has 1 aromatic carbocycles. The highest BCUT2D eigenvalue weighted by atomic mass is 19.4. The Hall–Kier alpha value is -3.41. The fourth-order valence-corrected chi connectivity index (χ4v) is 3.74. The number of amides is 1. The number of hydrogen-bond acceptors (Lipinski definition) is 7. The summed E-state index contributed by atoms with van der Waals surface area (Å²) in [5, 5.41) is 4.42. The van der Waals surface area contributed by atoms with E-state index in [-0.39, 0.29) is 24.7 Å². The van der Waals surface area contributed by atoms with Crippen molar-refractivity contribution in [3.05, 3.63) is 35.7 Å². The summed E-state index contributed by atoms with van der Waals surface area (Å²) in [6.07, 6.45) is -2.09. The molecule has 1 atom stereocenters.